The SMILES string of the molecule is CCCCc1nc(CO)c(Cl)n1Cc1ccc(-c2nc3ccccn3c2-c2nn[nH]n2)cc1. The van der Waals surface area contributed by atoms with Crippen molar-refractivity contribution in [2.45, 2.75) is 39.3 Å². The van der Waals surface area contributed by atoms with E-state index >= 15 is 0 Å². The number of aliphatic hydroxyl groups is 1. The lowest BCUT2D eigenvalue weighted by Crippen LogP contribution is -2.05. The van der Waals surface area contributed by atoms with Gasteiger partial charge in [-0.15, -0.1) is 10.2 Å². The fourth-order valence-corrected chi connectivity index (χ4v) is 4.20. The summed E-state index contributed by atoms with van der Waals surface area (Å²) < 4.78 is 3.93. The van der Waals surface area contributed by atoms with E-state index in [0.29, 0.717) is 23.2 Å². The first-order valence-corrected chi connectivity index (χ1v) is 11.2. The van der Waals surface area contributed by atoms with Gasteiger partial charge in [0.05, 0.1) is 13.2 Å². The van der Waals surface area contributed by atoms with Crippen molar-refractivity contribution in [3.05, 3.63) is 70.9 Å². The van der Waals surface area contributed by atoms with Crippen molar-refractivity contribution in [1.29, 1.82) is 0 Å². The smallest absolute Gasteiger partial charge is 0.223 e. The summed E-state index contributed by atoms with van der Waals surface area (Å²) in [5, 5.41) is 24.6. The lowest BCUT2D eigenvalue weighted by molar-refractivity contribution is 0.277. The molecule has 0 saturated carbocycles. The minimum atomic E-state index is -0.170. The number of hydrogen-bond acceptors (Lipinski definition) is 6. The summed E-state index contributed by atoms with van der Waals surface area (Å²) in [5.41, 5.74) is 4.90. The highest BCUT2D eigenvalue weighted by molar-refractivity contribution is 6.30. The first kappa shape index (κ1) is 21.3. The van der Waals surface area contributed by atoms with Crippen LogP contribution in [0.25, 0.3) is 28.4 Å². The molecule has 5 rings (SSSR count). The van der Waals surface area contributed by atoms with Crippen molar-refractivity contribution in [3.8, 4) is 22.8 Å². The van der Waals surface area contributed by atoms with E-state index in [1.807, 2.05) is 45.5 Å². The number of benzene rings is 1. The predicted molar refractivity (Wildman–Crippen MR) is 125 cm³/mol. The Hall–Kier alpha value is -3.56. The molecule has 10 heteroatoms. The Morgan fingerprint density at radius 3 is 2.67 bits per heavy atom. The first-order valence-electron chi connectivity index (χ1n) is 10.8. The Morgan fingerprint density at radius 2 is 1.94 bits per heavy atom. The van der Waals surface area contributed by atoms with Crippen molar-refractivity contribution in [1.82, 2.24) is 39.6 Å². The highest BCUT2D eigenvalue weighted by Gasteiger charge is 2.19. The van der Waals surface area contributed by atoms with Gasteiger partial charge in [-0.3, -0.25) is 4.40 Å². The number of fused-ring (bicyclic) bond motifs is 1. The molecule has 4 aromatic heterocycles. The number of aromatic amines is 1. The molecule has 0 unspecified atom stereocenters. The standard InChI is InChI=1S/C23H23ClN8O/c1-2-3-6-18-25-17(14-33)22(24)32(18)13-15-8-10-16(11-9-15)20-21(23-27-29-30-28-23)31-12-5-4-7-19(31)26-20/h4-5,7-12,33H,2-3,6,13-14H2,1H3,(H,27,28,29,30). The number of nitrogens with zero attached hydrogens (tertiary/aromatic N) is 7. The minimum absolute atomic E-state index is 0.170. The van der Waals surface area contributed by atoms with Crippen molar-refractivity contribution in [2.24, 2.45) is 0 Å². The monoisotopic (exact) mass is 462 g/mol. The van der Waals surface area contributed by atoms with Crippen LogP contribution < -0.4 is 0 Å². The summed E-state index contributed by atoms with van der Waals surface area (Å²) >= 11 is 6.51. The number of halogens is 1. The number of pyridine rings is 1. The molecular formula is C23H23ClN8O. The largest absolute Gasteiger partial charge is 0.390 e. The Labute approximate surface area is 195 Å². The maximum absolute atomic E-state index is 9.59. The lowest BCUT2D eigenvalue weighted by Gasteiger charge is -2.10. The quantitative estimate of drug-likeness (QED) is 0.361. The van der Waals surface area contributed by atoms with E-state index in [2.05, 4.69) is 44.7 Å². The third-order valence-electron chi connectivity index (χ3n) is 5.61. The van der Waals surface area contributed by atoms with Gasteiger partial charge in [-0.05, 0) is 29.3 Å². The van der Waals surface area contributed by atoms with Crippen LogP contribution in [0.4, 0.5) is 0 Å². The first-order chi connectivity index (χ1) is 16.2. The van der Waals surface area contributed by atoms with Crippen LogP contribution in [0.15, 0.2) is 48.7 Å². The number of rotatable bonds is 8. The number of nitrogens with one attached hydrogen (secondary N) is 1. The second-order valence-electron chi connectivity index (χ2n) is 7.78. The molecule has 0 amide bonds. The molecular weight excluding hydrogens is 440 g/mol. The Bertz CT molecular complexity index is 1370. The van der Waals surface area contributed by atoms with Gasteiger partial charge in [-0.2, -0.15) is 5.21 Å². The van der Waals surface area contributed by atoms with Gasteiger partial charge in [0, 0.05) is 18.2 Å². The van der Waals surface area contributed by atoms with Gasteiger partial charge in [0.1, 0.15) is 33.7 Å². The van der Waals surface area contributed by atoms with E-state index in [4.69, 9.17) is 16.6 Å². The summed E-state index contributed by atoms with van der Waals surface area (Å²) in [6.07, 6.45) is 4.84. The molecule has 33 heavy (non-hydrogen) atoms. The number of aryl methyl sites for hydroxylation is 1. The van der Waals surface area contributed by atoms with Gasteiger partial charge in [0.2, 0.25) is 5.82 Å². The molecule has 0 fully saturated rings. The van der Waals surface area contributed by atoms with Gasteiger partial charge in [0.25, 0.3) is 0 Å². The van der Waals surface area contributed by atoms with Crippen molar-refractivity contribution >= 4 is 17.2 Å². The van der Waals surface area contributed by atoms with Gasteiger partial charge in [0.15, 0.2) is 0 Å². The molecule has 5 aromatic rings. The summed E-state index contributed by atoms with van der Waals surface area (Å²) in [5.74, 6) is 1.38. The average Bonchev–Trinajstić information content (AvgIpc) is 3.56. The van der Waals surface area contributed by atoms with E-state index in [9.17, 15) is 5.11 Å². The molecule has 0 saturated heterocycles. The number of hydrogen-bond donors (Lipinski definition) is 2. The second kappa shape index (κ2) is 9.13. The molecule has 9 nitrogen and oxygen atoms in total. The van der Waals surface area contributed by atoms with Crippen LogP contribution in [0.1, 0.15) is 36.8 Å². The zero-order chi connectivity index (χ0) is 22.8. The molecule has 0 atom stereocenters. The zero-order valence-electron chi connectivity index (χ0n) is 18.1. The number of tetrazole rings is 1. The maximum atomic E-state index is 9.59. The Morgan fingerprint density at radius 1 is 1.09 bits per heavy atom. The summed E-state index contributed by atoms with van der Waals surface area (Å²) in [6, 6.07) is 14.0. The predicted octanol–water partition coefficient (Wildman–Crippen LogP) is 3.91. The van der Waals surface area contributed by atoms with Gasteiger partial charge >= 0.3 is 0 Å². The van der Waals surface area contributed by atoms with Gasteiger partial charge in [-0.25, -0.2) is 9.97 Å². The van der Waals surface area contributed by atoms with E-state index in [1.165, 1.54) is 0 Å². The van der Waals surface area contributed by atoms with Crippen LogP contribution in [-0.4, -0.2) is 44.7 Å². The molecule has 0 aliphatic rings. The third kappa shape index (κ3) is 4.01. The van der Waals surface area contributed by atoms with Gasteiger partial charge < -0.3 is 9.67 Å². The molecule has 0 spiro atoms. The topological polar surface area (TPSA) is 110 Å². The summed E-state index contributed by atoms with van der Waals surface area (Å²) in [4.78, 5) is 9.34. The molecule has 168 valence electrons. The van der Waals surface area contributed by atoms with Crippen LogP contribution in [0.2, 0.25) is 5.15 Å². The molecule has 0 bridgehead atoms. The fraction of sp³-hybridized carbons (Fsp3) is 0.261. The molecule has 0 aliphatic heterocycles. The lowest BCUT2D eigenvalue weighted by atomic mass is 10.1. The van der Waals surface area contributed by atoms with Crippen LogP contribution in [-0.2, 0) is 19.6 Å². The van der Waals surface area contributed by atoms with Gasteiger partial charge in [-0.1, -0.05) is 55.3 Å². The van der Waals surface area contributed by atoms with E-state index in [0.717, 1.165) is 53.2 Å². The van der Waals surface area contributed by atoms with E-state index in [-0.39, 0.29) is 6.61 Å². The molecule has 2 N–H and O–H groups in total. The molecule has 1 aromatic carbocycles. The van der Waals surface area contributed by atoms with Crippen molar-refractivity contribution in [2.75, 3.05) is 0 Å². The zero-order valence-corrected chi connectivity index (χ0v) is 18.9. The second-order valence-corrected chi connectivity index (χ2v) is 8.14. The normalized spacial score (nSPS) is 11.5. The Balaban J connectivity index is 1.49. The van der Waals surface area contributed by atoms with E-state index < -0.39 is 0 Å². The summed E-state index contributed by atoms with van der Waals surface area (Å²) in [7, 11) is 0. The van der Waals surface area contributed by atoms with Crippen LogP contribution in [0.5, 0.6) is 0 Å². The maximum Gasteiger partial charge on any atom is 0.223 e. The molecule has 4 heterocycles. The highest BCUT2D eigenvalue weighted by atomic mass is 35.5. The van der Waals surface area contributed by atoms with Crippen LogP contribution >= 0.6 is 11.6 Å². The van der Waals surface area contributed by atoms with Crippen molar-refractivity contribution in [3.63, 3.8) is 0 Å². The number of unbranched alkanes of at least 4 members (excludes halogenated alkanes) is 1. The van der Waals surface area contributed by atoms with Crippen LogP contribution in [0.3, 0.4) is 0 Å². The molecule has 0 aliphatic carbocycles. The molecule has 0 radical (unpaired) electrons. The average molecular weight is 463 g/mol. The van der Waals surface area contributed by atoms with Crippen LogP contribution in [0, 0.1) is 0 Å². The number of imidazole rings is 2. The van der Waals surface area contributed by atoms with E-state index in [1.54, 1.807) is 0 Å². The number of H-pyrrole nitrogens is 1. The minimum Gasteiger partial charge on any atom is -0.390 e. The fourth-order valence-electron chi connectivity index (χ4n) is 3.94. The number of aromatic nitrogens is 8. The number of aliphatic hydroxyl groups excluding tert-OH is 1. The Kier molecular flexibility index (Phi) is 5.89. The van der Waals surface area contributed by atoms with Crippen molar-refractivity contribution < 1.29 is 5.11 Å². The third-order valence-corrected chi connectivity index (χ3v) is 6.03. The summed E-state index contributed by atoms with van der Waals surface area (Å²) in [6.45, 7) is 2.55. The highest BCUT2D eigenvalue weighted by Crippen LogP contribution is 2.31.